The van der Waals surface area contributed by atoms with Crippen LogP contribution in [0.4, 0.5) is 24.7 Å². The van der Waals surface area contributed by atoms with Gasteiger partial charge in [0.15, 0.2) is 0 Å². The second-order valence-corrected chi connectivity index (χ2v) is 10.1. The van der Waals surface area contributed by atoms with E-state index in [2.05, 4.69) is 20.0 Å². The summed E-state index contributed by atoms with van der Waals surface area (Å²) in [6.07, 6.45) is -0.794. The number of alkyl halides is 3. The van der Waals surface area contributed by atoms with Crippen LogP contribution in [-0.4, -0.2) is 51.9 Å². The molecule has 0 bridgehead atoms. The highest BCUT2D eigenvalue weighted by Gasteiger charge is 2.40. The lowest BCUT2D eigenvalue weighted by molar-refractivity contribution is -0.274. The van der Waals surface area contributed by atoms with Gasteiger partial charge in [-0.1, -0.05) is 18.2 Å². The van der Waals surface area contributed by atoms with Gasteiger partial charge in [0, 0.05) is 30.8 Å². The summed E-state index contributed by atoms with van der Waals surface area (Å²) in [5, 5.41) is 3.36. The predicted molar refractivity (Wildman–Crippen MR) is 157 cm³/mol. The first kappa shape index (κ1) is 30.3. The molecule has 2 aromatic carbocycles. The summed E-state index contributed by atoms with van der Waals surface area (Å²) in [6, 6.07) is 18.6. The number of hydrogen-bond donors (Lipinski definition) is 1. The fraction of sp³-hybridized carbons (Fsp3) is 0.250. The van der Waals surface area contributed by atoms with Crippen LogP contribution in [0.2, 0.25) is 0 Å². The molecule has 12 heteroatoms. The van der Waals surface area contributed by atoms with Crippen LogP contribution < -0.4 is 19.7 Å². The van der Waals surface area contributed by atoms with Crippen molar-refractivity contribution >= 4 is 23.3 Å². The Hall–Kier alpha value is -5.13. The van der Waals surface area contributed by atoms with E-state index < -0.39 is 18.6 Å². The van der Waals surface area contributed by atoms with Gasteiger partial charge in [-0.3, -0.25) is 19.5 Å². The highest BCUT2D eigenvalue weighted by Crippen LogP contribution is 2.32. The largest absolute Gasteiger partial charge is 0.573 e. The molecule has 0 aliphatic carbocycles. The minimum absolute atomic E-state index is 0.102. The number of nitrogens with one attached hydrogen (secondary N) is 1. The molecule has 2 aromatic heterocycles. The van der Waals surface area contributed by atoms with Gasteiger partial charge < -0.3 is 19.7 Å². The number of benzene rings is 2. The lowest BCUT2D eigenvalue weighted by Crippen LogP contribution is -2.60. The first-order valence-corrected chi connectivity index (χ1v) is 13.9. The number of nitrogens with zero attached hydrogens (tertiary/aromatic N) is 4. The van der Waals surface area contributed by atoms with Gasteiger partial charge >= 0.3 is 6.36 Å². The Morgan fingerprint density at radius 3 is 2.36 bits per heavy atom. The Bertz CT molecular complexity index is 1580. The molecule has 1 N–H and O–H groups in total. The van der Waals surface area contributed by atoms with E-state index in [1.165, 1.54) is 24.3 Å². The third kappa shape index (κ3) is 7.08. The smallest absolute Gasteiger partial charge is 0.494 e. The van der Waals surface area contributed by atoms with Crippen molar-refractivity contribution in [2.24, 2.45) is 0 Å². The normalized spacial score (nSPS) is 15.2. The summed E-state index contributed by atoms with van der Waals surface area (Å²) in [4.78, 5) is 39.6. The second kappa shape index (κ2) is 13.0. The van der Waals surface area contributed by atoms with Gasteiger partial charge in [0.1, 0.15) is 23.5 Å². The zero-order valence-electron chi connectivity index (χ0n) is 24.0. The molecular weight excluding hydrogens is 575 g/mol. The Labute approximate surface area is 252 Å². The van der Waals surface area contributed by atoms with Crippen LogP contribution in [0.1, 0.15) is 35.3 Å². The van der Waals surface area contributed by atoms with Gasteiger partial charge in [0.05, 0.1) is 24.6 Å². The fourth-order valence-electron chi connectivity index (χ4n) is 5.04. The van der Waals surface area contributed by atoms with Crippen LogP contribution in [0.5, 0.6) is 11.5 Å². The van der Waals surface area contributed by atoms with Crippen molar-refractivity contribution in [3.63, 3.8) is 0 Å². The number of pyridine rings is 2. The first-order chi connectivity index (χ1) is 21.1. The minimum Gasteiger partial charge on any atom is -0.494 e. The molecule has 1 aliphatic heterocycles. The lowest BCUT2D eigenvalue weighted by Gasteiger charge is -2.44. The molecule has 2 atom stereocenters. The van der Waals surface area contributed by atoms with Crippen molar-refractivity contribution < 1.29 is 32.2 Å². The molecular formula is C32H30F3N5O4. The van der Waals surface area contributed by atoms with E-state index in [9.17, 15) is 22.8 Å². The van der Waals surface area contributed by atoms with E-state index >= 15 is 0 Å². The van der Waals surface area contributed by atoms with Crippen LogP contribution in [-0.2, 0) is 17.8 Å². The van der Waals surface area contributed by atoms with E-state index in [1.807, 2.05) is 19.9 Å². The molecule has 2 amide bonds. The van der Waals surface area contributed by atoms with E-state index in [0.29, 0.717) is 35.0 Å². The van der Waals surface area contributed by atoms with Crippen molar-refractivity contribution in [1.29, 1.82) is 0 Å². The van der Waals surface area contributed by atoms with Crippen molar-refractivity contribution in [2.45, 2.75) is 45.4 Å². The molecule has 1 unspecified atom stereocenters. The van der Waals surface area contributed by atoms with Crippen molar-refractivity contribution in [3.8, 4) is 11.5 Å². The summed E-state index contributed by atoms with van der Waals surface area (Å²) < 4.78 is 47.4. The van der Waals surface area contributed by atoms with Crippen LogP contribution >= 0.6 is 0 Å². The van der Waals surface area contributed by atoms with E-state index in [0.717, 1.165) is 5.56 Å². The van der Waals surface area contributed by atoms with Gasteiger partial charge in [0.25, 0.3) is 5.91 Å². The standard InChI is InChI=1S/C32H30F3N5O4/c1-3-43-25-14-10-24(11-15-25)40-30(38-29-27(31(40)42)7-5-17-37-29)21(2)39(20-23-6-4-16-36-19-23)28(41)18-22-8-12-26(13-9-22)44-32(33,34)35/h4-17,19,21,30H,3,18,20H2,1-2H3,(H,37,38)/t21-,30?/m1/s1. The number of halogens is 3. The predicted octanol–water partition coefficient (Wildman–Crippen LogP) is 5.83. The lowest BCUT2D eigenvalue weighted by atomic mass is 10.0. The van der Waals surface area contributed by atoms with Crippen LogP contribution in [0.3, 0.4) is 0 Å². The number of anilines is 2. The Kier molecular flexibility index (Phi) is 8.98. The third-order valence-corrected chi connectivity index (χ3v) is 7.10. The van der Waals surface area contributed by atoms with Gasteiger partial charge in [-0.05, 0) is 79.6 Å². The fourth-order valence-corrected chi connectivity index (χ4v) is 5.04. The molecule has 3 heterocycles. The maximum atomic E-state index is 13.9. The molecule has 228 valence electrons. The van der Waals surface area contributed by atoms with Gasteiger partial charge in [0.2, 0.25) is 5.91 Å². The monoisotopic (exact) mass is 605 g/mol. The number of hydrogen-bond acceptors (Lipinski definition) is 7. The van der Waals surface area contributed by atoms with Gasteiger partial charge in [-0.2, -0.15) is 0 Å². The number of aromatic nitrogens is 2. The molecule has 9 nitrogen and oxygen atoms in total. The van der Waals surface area contributed by atoms with Gasteiger partial charge in [-0.15, -0.1) is 13.2 Å². The number of amides is 2. The Morgan fingerprint density at radius 1 is 1.00 bits per heavy atom. The topological polar surface area (TPSA) is 96.9 Å². The van der Waals surface area contributed by atoms with Gasteiger partial charge in [-0.25, -0.2) is 4.98 Å². The number of rotatable bonds is 10. The van der Waals surface area contributed by atoms with E-state index in [-0.39, 0.29) is 30.5 Å². The quantitative estimate of drug-likeness (QED) is 0.243. The summed E-state index contributed by atoms with van der Waals surface area (Å²) in [6.45, 7) is 4.37. The summed E-state index contributed by atoms with van der Waals surface area (Å²) in [5.41, 5.74) is 2.23. The molecule has 0 spiro atoms. The van der Waals surface area contributed by atoms with Crippen LogP contribution in [0, 0.1) is 0 Å². The SMILES string of the molecule is CCOc1ccc(N2C(=O)c3cccnc3NC2[C@@H](C)N(Cc2cccnc2)C(=O)Cc2ccc(OC(F)(F)F)cc2)cc1. The van der Waals surface area contributed by atoms with E-state index in [4.69, 9.17) is 4.74 Å². The highest BCUT2D eigenvalue weighted by molar-refractivity contribution is 6.11. The summed E-state index contributed by atoms with van der Waals surface area (Å²) in [7, 11) is 0. The van der Waals surface area contributed by atoms with E-state index in [1.54, 1.807) is 70.9 Å². The first-order valence-electron chi connectivity index (χ1n) is 13.9. The summed E-state index contributed by atoms with van der Waals surface area (Å²) in [5.74, 6) is 0.0720. The average molecular weight is 606 g/mol. The number of ether oxygens (including phenoxy) is 2. The van der Waals surface area contributed by atoms with Crippen molar-refractivity contribution in [1.82, 2.24) is 14.9 Å². The molecule has 5 rings (SSSR count). The maximum absolute atomic E-state index is 13.9. The zero-order valence-corrected chi connectivity index (χ0v) is 24.0. The average Bonchev–Trinajstić information content (AvgIpc) is 3.01. The Morgan fingerprint density at radius 2 is 1.70 bits per heavy atom. The number of carbonyl (C=O) groups excluding carboxylic acids is 2. The second-order valence-electron chi connectivity index (χ2n) is 10.1. The minimum atomic E-state index is -4.82. The van der Waals surface area contributed by atoms with Crippen molar-refractivity contribution in [2.75, 3.05) is 16.8 Å². The molecule has 0 saturated carbocycles. The molecule has 1 aliphatic rings. The molecule has 0 radical (unpaired) electrons. The number of fused-ring (bicyclic) bond motifs is 1. The molecule has 44 heavy (non-hydrogen) atoms. The molecule has 0 saturated heterocycles. The highest BCUT2D eigenvalue weighted by atomic mass is 19.4. The maximum Gasteiger partial charge on any atom is 0.573 e. The Balaban J connectivity index is 1.48. The van der Waals surface area contributed by atoms with Crippen LogP contribution in [0.25, 0.3) is 0 Å². The number of carbonyl (C=O) groups is 2. The van der Waals surface area contributed by atoms with Crippen LogP contribution in [0.15, 0.2) is 91.4 Å². The zero-order chi connectivity index (χ0) is 31.3. The van der Waals surface area contributed by atoms with Crippen molar-refractivity contribution in [3.05, 3.63) is 108 Å². The molecule has 0 fully saturated rings. The molecule has 4 aromatic rings. The third-order valence-electron chi connectivity index (χ3n) is 7.10. The summed E-state index contributed by atoms with van der Waals surface area (Å²) >= 11 is 0.